The van der Waals surface area contributed by atoms with Crippen LogP contribution in [0.3, 0.4) is 0 Å². The van der Waals surface area contributed by atoms with Crippen LogP contribution in [0.5, 0.6) is 5.75 Å². The van der Waals surface area contributed by atoms with Gasteiger partial charge in [-0.05, 0) is 18.2 Å². The number of benzene rings is 1. The summed E-state index contributed by atoms with van der Waals surface area (Å²) in [5.74, 6) is 0.483. The maximum atomic E-state index is 10.4. The number of nitriles is 1. The Balaban J connectivity index is 2.84. The van der Waals surface area contributed by atoms with Gasteiger partial charge in [-0.2, -0.15) is 5.26 Å². The third-order valence-corrected chi connectivity index (χ3v) is 1.73. The van der Waals surface area contributed by atoms with Crippen molar-refractivity contribution in [3.63, 3.8) is 0 Å². The molecule has 0 saturated carbocycles. The van der Waals surface area contributed by atoms with Crippen molar-refractivity contribution in [1.29, 1.82) is 5.26 Å². The van der Waals surface area contributed by atoms with E-state index in [2.05, 4.69) is 0 Å². The van der Waals surface area contributed by atoms with Gasteiger partial charge < -0.3 is 4.74 Å². The molecule has 0 saturated heterocycles. The van der Waals surface area contributed by atoms with Gasteiger partial charge in [-0.15, -0.1) is 0 Å². The third-order valence-electron chi connectivity index (χ3n) is 1.40. The Morgan fingerprint density at radius 2 is 2.38 bits per heavy atom. The van der Waals surface area contributed by atoms with Crippen molar-refractivity contribution in [3.05, 3.63) is 28.8 Å². The summed E-state index contributed by atoms with van der Waals surface area (Å²) >= 11 is 5.71. The van der Waals surface area contributed by atoms with E-state index in [0.717, 1.165) is 0 Å². The lowest BCUT2D eigenvalue weighted by molar-refractivity contribution is 0.112. The van der Waals surface area contributed by atoms with Crippen LogP contribution in [-0.2, 0) is 0 Å². The summed E-state index contributed by atoms with van der Waals surface area (Å²) in [6, 6.07) is 6.47. The van der Waals surface area contributed by atoms with E-state index < -0.39 is 0 Å². The number of hydrogen-bond donors (Lipinski definition) is 0. The highest BCUT2D eigenvalue weighted by atomic mass is 35.5. The van der Waals surface area contributed by atoms with Crippen molar-refractivity contribution in [2.45, 2.75) is 0 Å². The first-order valence-electron chi connectivity index (χ1n) is 3.52. The molecule has 0 heterocycles. The number of carbonyl (C=O) groups excluding carboxylic acids is 1. The first-order valence-corrected chi connectivity index (χ1v) is 3.90. The van der Waals surface area contributed by atoms with Crippen LogP contribution in [-0.4, -0.2) is 12.9 Å². The van der Waals surface area contributed by atoms with Crippen LogP contribution in [0.4, 0.5) is 0 Å². The summed E-state index contributed by atoms with van der Waals surface area (Å²) in [5, 5.41) is 8.56. The van der Waals surface area contributed by atoms with Crippen LogP contribution in [0.2, 0.25) is 5.02 Å². The summed E-state index contributed by atoms with van der Waals surface area (Å²) in [7, 11) is 0. The van der Waals surface area contributed by atoms with Crippen LogP contribution in [0.1, 0.15) is 10.4 Å². The van der Waals surface area contributed by atoms with Crippen LogP contribution in [0.25, 0.3) is 0 Å². The Labute approximate surface area is 80.5 Å². The maximum absolute atomic E-state index is 10.4. The Morgan fingerprint density at radius 3 is 2.92 bits per heavy atom. The van der Waals surface area contributed by atoms with Gasteiger partial charge in [-0.25, -0.2) is 0 Å². The van der Waals surface area contributed by atoms with Gasteiger partial charge in [0.15, 0.2) is 12.9 Å². The lowest BCUT2D eigenvalue weighted by atomic mass is 10.2. The number of carbonyl (C=O) groups is 1. The molecule has 0 fully saturated rings. The third kappa shape index (κ3) is 2.46. The number of halogens is 1. The van der Waals surface area contributed by atoms with Gasteiger partial charge in [0.25, 0.3) is 0 Å². The summed E-state index contributed by atoms with van der Waals surface area (Å²) < 4.78 is 4.97. The maximum Gasteiger partial charge on any atom is 0.174 e. The standard InChI is InChI=1S/C9H6ClNO2/c10-9-5-8(13-4-3-11)2-1-7(9)6-12/h1-2,5-6H,4H2. The van der Waals surface area contributed by atoms with E-state index in [1.807, 2.05) is 6.07 Å². The molecule has 0 unspecified atom stereocenters. The highest BCUT2D eigenvalue weighted by Gasteiger charge is 2.00. The molecule has 3 nitrogen and oxygen atoms in total. The molecule has 4 heteroatoms. The van der Waals surface area contributed by atoms with Crippen molar-refractivity contribution in [2.24, 2.45) is 0 Å². The highest BCUT2D eigenvalue weighted by Crippen LogP contribution is 2.20. The Morgan fingerprint density at radius 1 is 1.62 bits per heavy atom. The number of hydrogen-bond acceptors (Lipinski definition) is 3. The summed E-state index contributed by atoms with van der Waals surface area (Å²) in [6.45, 7) is -0.0310. The number of nitrogens with zero attached hydrogens (tertiary/aromatic N) is 1. The Hall–Kier alpha value is -1.53. The molecule has 0 aliphatic heterocycles. The largest absolute Gasteiger partial charge is 0.479 e. The number of ether oxygens (including phenoxy) is 1. The summed E-state index contributed by atoms with van der Waals surface area (Å²) in [4.78, 5) is 10.4. The fourth-order valence-corrected chi connectivity index (χ4v) is 1.02. The molecule has 0 N–H and O–H groups in total. The molecule has 1 aromatic carbocycles. The van der Waals surface area contributed by atoms with Gasteiger partial charge in [-0.1, -0.05) is 11.6 Å². The molecule has 0 aromatic heterocycles. The van der Waals surface area contributed by atoms with E-state index in [1.54, 1.807) is 12.1 Å². The van der Waals surface area contributed by atoms with Gasteiger partial charge in [-0.3, -0.25) is 4.79 Å². The average Bonchev–Trinajstić information content (AvgIpc) is 2.15. The first-order chi connectivity index (χ1) is 6.27. The number of aldehydes is 1. The lowest BCUT2D eigenvalue weighted by Gasteiger charge is -2.02. The minimum Gasteiger partial charge on any atom is -0.479 e. The van der Waals surface area contributed by atoms with Gasteiger partial charge in [0.05, 0.1) is 5.02 Å². The molecule has 0 bridgehead atoms. The molecule has 0 aliphatic carbocycles. The van der Waals surface area contributed by atoms with Crippen LogP contribution >= 0.6 is 11.6 Å². The SMILES string of the molecule is N#CCOc1ccc(C=O)c(Cl)c1. The van der Waals surface area contributed by atoms with Crippen molar-refractivity contribution in [3.8, 4) is 11.8 Å². The van der Waals surface area contributed by atoms with Crippen LogP contribution < -0.4 is 4.74 Å². The molecule has 1 rings (SSSR count). The van der Waals surface area contributed by atoms with E-state index in [1.165, 1.54) is 6.07 Å². The Kier molecular flexibility index (Phi) is 3.30. The molecule has 0 radical (unpaired) electrons. The molecule has 0 amide bonds. The molecule has 1 aromatic rings. The zero-order valence-electron chi connectivity index (χ0n) is 6.66. The Bertz CT molecular complexity index is 357. The van der Waals surface area contributed by atoms with Gasteiger partial charge in [0, 0.05) is 5.56 Å². The summed E-state index contributed by atoms with van der Waals surface area (Å²) in [5.41, 5.74) is 0.408. The van der Waals surface area contributed by atoms with Gasteiger partial charge >= 0.3 is 0 Å². The fraction of sp³-hybridized carbons (Fsp3) is 0.111. The predicted octanol–water partition coefficient (Wildman–Crippen LogP) is 2.05. The second kappa shape index (κ2) is 4.48. The molecule has 13 heavy (non-hydrogen) atoms. The minimum atomic E-state index is -0.0310. The van der Waals surface area contributed by atoms with Crippen LogP contribution in [0.15, 0.2) is 18.2 Å². The molecule has 0 aliphatic rings. The molecular formula is C9H6ClNO2. The molecule has 0 spiro atoms. The molecule has 66 valence electrons. The second-order valence-corrected chi connectivity index (χ2v) is 2.66. The van der Waals surface area contributed by atoms with Crippen molar-refractivity contribution in [1.82, 2.24) is 0 Å². The smallest absolute Gasteiger partial charge is 0.174 e. The van der Waals surface area contributed by atoms with Gasteiger partial charge in [0.1, 0.15) is 11.8 Å². The normalized spacial score (nSPS) is 8.92. The van der Waals surface area contributed by atoms with Gasteiger partial charge in [0.2, 0.25) is 0 Å². The quantitative estimate of drug-likeness (QED) is 0.694. The zero-order valence-corrected chi connectivity index (χ0v) is 7.41. The monoisotopic (exact) mass is 195 g/mol. The van der Waals surface area contributed by atoms with E-state index in [0.29, 0.717) is 22.6 Å². The van der Waals surface area contributed by atoms with E-state index in [-0.39, 0.29) is 6.61 Å². The fourth-order valence-electron chi connectivity index (χ4n) is 0.809. The van der Waals surface area contributed by atoms with Crippen molar-refractivity contribution < 1.29 is 9.53 Å². The van der Waals surface area contributed by atoms with E-state index in [4.69, 9.17) is 21.6 Å². The number of rotatable bonds is 3. The zero-order chi connectivity index (χ0) is 9.68. The predicted molar refractivity (Wildman–Crippen MR) is 47.9 cm³/mol. The average molecular weight is 196 g/mol. The highest BCUT2D eigenvalue weighted by molar-refractivity contribution is 6.33. The summed E-state index contributed by atoms with van der Waals surface area (Å²) in [6.07, 6.45) is 0.663. The molecule has 0 atom stereocenters. The van der Waals surface area contributed by atoms with Crippen molar-refractivity contribution >= 4 is 17.9 Å². The van der Waals surface area contributed by atoms with E-state index in [9.17, 15) is 4.79 Å². The molecular weight excluding hydrogens is 190 g/mol. The lowest BCUT2D eigenvalue weighted by Crippen LogP contribution is -1.93. The minimum absolute atomic E-state index is 0.0310. The van der Waals surface area contributed by atoms with Crippen molar-refractivity contribution in [2.75, 3.05) is 6.61 Å². The van der Waals surface area contributed by atoms with E-state index >= 15 is 0 Å². The first kappa shape index (κ1) is 9.56. The second-order valence-electron chi connectivity index (χ2n) is 2.25. The van der Waals surface area contributed by atoms with Crippen LogP contribution in [0, 0.1) is 11.3 Å². The topological polar surface area (TPSA) is 50.1 Å².